The third kappa shape index (κ3) is 2.73. The van der Waals surface area contributed by atoms with E-state index < -0.39 is 17.8 Å². The molecule has 0 radical (unpaired) electrons. The summed E-state index contributed by atoms with van der Waals surface area (Å²) < 4.78 is 53.9. The lowest BCUT2D eigenvalue weighted by Crippen LogP contribution is -2.07. The first-order chi connectivity index (χ1) is 11.9. The van der Waals surface area contributed by atoms with E-state index in [1.807, 2.05) is 0 Å². The number of nitrogens with one attached hydrogen (secondary N) is 1. The summed E-state index contributed by atoms with van der Waals surface area (Å²) in [4.78, 5) is 9.99. The van der Waals surface area contributed by atoms with Crippen LogP contribution in [0.25, 0.3) is 28.2 Å². The number of alkyl halides is 3. The van der Waals surface area contributed by atoms with Crippen molar-refractivity contribution < 1.29 is 17.6 Å². The van der Waals surface area contributed by atoms with Gasteiger partial charge in [0.05, 0.1) is 11.4 Å². The lowest BCUT2D eigenvalue weighted by atomic mass is 10.1. The van der Waals surface area contributed by atoms with E-state index in [0.717, 1.165) is 0 Å². The van der Waals surface area contributed by atoms with Crippen molar-refractivity contribution in [3.05, 3.63) is 60.6 Å². The third-order valence-corrected chi connectivity index (χ3v) is 3.65. The molecular weight excluding hydrogens is 338 g/mol. The standard InChI is InChI=1S/C16H9F4N5/c17-11-4-1-9(2-5-11)13-14(24-15(23-13)16(18,19)20)10-3-6-12-21-8-22-25(12)7-10/h1-8H,(H,23,24). The summed E-state index contributed by atoms with van der Waals surface area (Å²) >= 11 is 0. The number of aromatic nitrogens is 5. The highest BCUT2D eigenvalue weighted by Gasteiger charge is 2.36. The van der Waals surface area contributed by atoms with Crippen molar-refractivity contribution in [2.75, 3.05) is 0 Å². The van der Waals surface area contributed by atoms with Crippen molar-refractivity contribution in [2.45, 2.75) is 6.18 Å². The number of halogens is 4. The van der Waals surface area contributed by atoms with Crippen LogP contribution in [0.4, 0.5) is 17.6 Å². The van der Waals surface area contributed by atoms with E-state index in [2.05, 4.69) is 20.1 Å². The van der Waals surface area contributed by atoms with Crippen LogP contribution in [0.1, 0.15) is 5.82 Å². The molecule has 1 aromatic carbocycles. The molecule has 0 aliphatic heterocycles. The second-order valence-corrected chi connectivity index (χ2v) is 5.29. The van der Waals surface area contributed by atoms with E-state index in [1.54, 1.807) is 18.3 Å². The van der Waals surface area contributed by atoms with Crippen LogP contribution in [0.3, 0.4) is 0 Å². The first-order valence-electron chi connectivity index (χ1n) is 7.15. The van der Waals surface area contributed by atoms with Gasteiger partial charge in [-0.1, -0.05) is 0 Å². The van der Waals surface area contributed by atoms with Crippen molar-refractivity contribution in [1.29, 1.82) is 0 Å². The fraction of sp³-hybridized carbons (Fsp3) is 0.0625. The minimum absolute atomic E-state index is 0.0757. The number of hydrogen-bond acceptors (Lipinski definition) is 3. The number of pyridine rings is 1. The molecule has 3 heterocycles. The molecule has 0 spiro atoms. The van der Waals surface area contributed by atoms with Gasteiger partial charge in [0.2, 0.25) is 5.82 Å². The van der Waals surface area contributed by atoms with E-state index in [-0.39, 0.29) is 11.4 Å². The maximum atomic E-state index is 13.1. The number of H-pyrrole nitrogens is 1. The van der Waals surface area contributed by atoms with E-state index in [9.17, 15) is 17.6 Å². The Kier molecular flexibility index (Phi) is 3.31. The van der Waals surface area contributed by atoms with Gasteiger partial charge in [-0.3, -0.25) is 0 Å². The largest absolute Gasteiger partial charge is 0.449 e. The molecule has 9 heteroatoms. The molecule has 0 fully saturated rings. The Balaban J connectivity index is 1.92. The average molecular weight is 347 g/mol. The Labute approximate surface area is 138 Å². The van der Waals surface area contributed by atoms with E-state index in [0.29, 0.717) is 16.8 Å². The Hall–Kier alpha value is -3.23. The van der Waals surface area contributed by atoms with Crippen LogP contribution in [0.15, 0.2) is 48.9 Å². The zero-order valence-corrected chi connectivity index (χ0v) is 12.4. The second kappa shape index (κ2) is 5.40. The van der Waals surface area contributed by atoms with Gasteiger partial charge >= 0.3 is 6.18 Å². The van der Waals surface area contributed by atoms with Gasteiger partial charge in [-0.25, -0.2) is 18.9 Å². The summed E-state index contributed by atoms with van der Waals surface area (Å²) in [6, 6.07) is 8.34. The molecule has 5 nitrogen and oxygen atoms in total. The lowest BCUT2D eigenvalue weighted by Gasteiger charge is -2.04. The van der Waals surface area contributed by atoms with Crippen LogP contribution in [-0.4, -0.2) is 24.6 Å². The van der Waals surface area contributed by atoms with Crippen LogP contribution >= 0.6 is 0 Å². The monoisotopic (exact) mass is 347 g/mol. The first-order valence-corrected chi connectivity index (χ1v) is 7.15. The molecule has 0 aliphatic carbocycles. The van der Waals surface area contributed by atoms with Crippen LogP contribution < -0.4 is 0 Å². The topological polar surface area (TPSA) is 58.9 Å². The molecule has 25 heavy (non-hydrogen) atoms. The lowest BCUT2D eigenvalue weighted by molar-refractivity contribution is -0.144. The molecule has 0 bridgehead atoms. The maximum Gasteiger partial charge on any atom is 0.449 e. The van der Waals surface area contributed by atoms with Crippen molar-refractivity contribution >= 4 is 5.65 Å². The number of hydrogen-bond donors (Lipinski definition) is 1. The summed E-state index contributed by atoms with van der Waals surface area (Å²) in [6.45, 7) is 0. The molecule has 1 N–H and O–H groups in total. The molecule has 0 aliphatic rings. The van der Waals surface area contributed by atoms with Gasteiger partial charge in [0.1, 0.15) is 12.1 Å². The number of benzene rings is 1. The summed E-state index contributed by atoms with van der Waals surface area (Å²) in [6.07, 6.45) is -1.75. The zero-order chi connectivity index (χ0) is 17.6. The first kappa shape index (κ1) is 15.3. The van der Waals surface area contributed by atoms with Crippen molar-refractivity contribution in [1.82, 2.24) is 24.6 Å². The van der Waals surface area contributed by atoms with E-state index in [4.69, 9.17) is 0 Å². The molecular formula is C16H9F4N5. The number of fused-ring (bicyclic) bond motifs is 1. The number of imidazole rings is 1. The van der Waals surface area contributed by atoms with Crippen molar-refractivity contribution in [3.8, 4) is 22.5 Å². The highest BCUT2D eigenvalue weighted by atomic mass is 19.4. The molecule has 0 atom stereocenters. The van der Waals surface area contributed by atoms with Crippen molar-refractivity contribution in [3.63, 3.8) is 0 Å². The minimum atomic E-state index is -4.63. The summed E-state index contributed by atoms with van der Waals surface area (Å²) in [5.41, 5.74) is 1.60. The fourth-order valence-corrected chi connectivity index (χ4v) is 2.50. The van der Waals surface area contributed by atoms with Crippen molar-refractivity contribution in [2.24, 2.45) is 0 Å². The molecule has 126 valence electrons. The molecule has 4 aromatic rings. The van der Waals surface area contributed by atoms with Crippen LogP contribution in [-0.2, 0) is 6.18 Å². The van der Waals surface area contributed by atoms with Gasteiger partial charge < -0.3 is 4.98 Å². The summed E-state index contributed by atoms with van der Waals surface area (Å²) in [7, 11) is 0. The highest BCUT2D eigenvalue weighted by Crippen LogP contribution is 2.35. The average Bonchev–Trinajstić information content (AvgIpc) is 3.21. The van der Waals surface area contributed by atoms with Gasteiger partial charge in [0.15, 0.2) is 5.65 Å². The smallest absolute Gasteiger partial charge is 0.334 e. The normalized spacial score (nSPS) is 12.0. The second-order valence-electron chi connectivity index (χ2n) is 5.29. The van der Waals surface area contributed by atoms with Crippen LogP contribution in [0.2, 0.25) is 0 Å². The van der Waals surface area contributed by atoms with Crippen LogP contribution in [0, 0.1) is 5.82 Å². The van der Waals surface area contributed by atoms with E-state index in [1.165, 1.54) is 35.1 Å². The Morgan fingerprint density at radius 3 is 2.40 bits per heavy atom. The van der Waals surface area contributed by atoms with Gasteiger partial charge in [-0.15, -0.1) is 0 Å². The third-order valence-electron chi connectivity index (χ3n) is 3.65. The minimum Gasteiger partial charge on any atom is -0.334 e. The van der Waals surface area contributed by atoms with Gasteiger partial charge in [-0.2, -0.15) is 18.3 Å². The van der Waals surface area contributed by atoms with E-state index >= 15 is 0 Å². The predicted octanol–water partition coefficient (Wildman–Crippen LogP) is 3.94. The molecule has 0 amide bonds. The summed E-state index contributed by atoms with van der Waals surface area (Å²) in [5, 5.41) is 3.97. The quantitative estimate of drug-likeness (QED) is 0.559. The van der Waals surface area contributed by atoms with Gasteiger partial charge in [0.25, 0.3) is 0 Å². The molecule has 0 saturated heterocycles. The predicted molar refractivity (Wildman–Crippen MR) is 81.0 cm³/mol. The number of rotatable bonds is 2. The fourth-order valence-electron chi connectivity index (χ4n) is 2.50. The Morgan fingerprint density at radius 1 is 0.960 bits per heavy atom. The van der Waals surface area contributed by atoms with Gasteiger partial charge in [-0.05, 0) is 36.4 Å². The molecule has 3 aromatic heterocycles. The summed E-state index contributed by atoms with van der Waals surface area (Å²) in [5.74, 6) is -1.61. The SMILES string of the molecule is Fc1ccc(-c2nc(C(F)(F)F)[nH]c2-c2ccc3ncnn3c2)cc1. The van der Waals surface area contributed by atoms with Crippen LogP contribution in [0.5, 0.6) is 0 Å². The Morgan fingerprint density at radius 2 is 1.68 bits per heavy atom. The number of nitrogens with zero attached hydrogens (tertiary/aromatic N) is 4. The number of aromatic amines is 1. The zero-order valence-electron chi connectivity index (χ0n) is 12.4. The molecule has 0 saturated carbocycles. The molecule has 4 rings (SSSR count). The molecule has 0 unspecified atom stereocenters. The highest BCUT2D eigenvalue weighted by molar-refractivity contribution is 5.78. The maximum absolute atomic E-state index is 13.1. The Bertz CT molecular complexity index is 1050. The van der Waals surface area contributed by atoms with Gasteiger partial charge in [0, 0.05) is 17.3 Å².